The minimum absolute atomic E-state index is 0.0369. The Morgan fingerprint density at radius 2 is 1.88 bits per heavy atom. The van der Waals surface area contributed by atoms with E-state index < -0.39 is 11.9 Å². The Morgan fingerprint density at radius 3 is 2.31 bits per heavy atom. The second-order valence-corrected chi connectivity index (χ2v) is 4.24. The van der Waals surface area contributed by atoms with E-state index in [9.17, 15) is 13.2 Å². The van der Waals surface area contributed by atoms with E-state index in [0.717, 1.165) is 25.7 Å². The van der Waals surface area contributed by atoms with Gasteiger partial charge in [0.2, 0.25) is 0 Å². The molecule has 0 amide bonds. The standard InChI is InChI=1S/C10H14F3N3/c1-6-8(10(11,12)13)15-16(9(6)14)7-4-2-3-5-7/h7H,2-5,14H2,1H3. The van der Waals surface area contributed by atoms with Gasteiger partial charge in [0.15, 0.2) is 5.69 Å². The molecule has 1 saturated carbocycles. The van der Waals surface area contributed by atoms with Gasteiger partial charge in [-0.3, -0.25) is 0 Å². The minimum atomic E-state index is -4.41. The van der Waals surface area contributed by atoms with Crippen molar-refractivity contribution in [2.24, 2.45) is 0 Å². The van der Waals surface area contributed by atoms with Crippen molar-refractivity contribution in [3.05, 3.63) is 11.3 Å². The van der Waals surface area contributed by atoms with Gasteiger partial charge in [-0.1, -0.05) is 12.8 Å². The Bertz CT molecular complexity index is 389. The van der Waals surface area contributed by atoms with Crippen LogP contribution in [0, 0.1) is 6.92 Å². The van der Waals surface area contributed by atoms with Crippen LogP contribution in [-0.2, 0) is 6.18 Å². The van der Waals surface area contributed by atoms with Crippen LogP contribution in [0.4, 0.5) is 19.0 Å². The first-order chi connectivity index (χ1) is 7.41. The van der Waals surface area contributed by atoms with Crippen LogP contribution in [0.25, 0.3) is 0 Å². The molecular formula is C10H14F3N3. The third-order valence-electron chi connectivity index (χ3n) is 3.13. The van der Waals surface area contributed by atoms with Gasteiger partial charge in [-0.05, 0) is 19.8 Å². The maximum atomic E-state index is 12.6. The molecule has 1 aliphatic rings. The third kappa shape index (κ3) is 1.76. The highest BCUT2D eigenvalue weighted by atomic mass is 19.4. The summed E-state index contributed by atoms with van der Waals surface area (Å²) >= 11 is 0. The molecule has 0 saturated heterocycles. The van der Waals surface area contributed by atoms with Crippen molar-refractivity contribution in [3.8, 4) is 0 Å². The molecule has 0 aliphatic heterocycles. The van der Waals surface area contributed by atoms with E-state index in [4.69, 9.17) is 5.73 Å². The zero-order valence-corrected chi connectivity index (χ0v) is 9.01. The summed E-state index contributed by atoms with van der Waals surface area (Å²) in [4.78, 5) is 0. The molecule has 16 heavy (non-hydrogen) atoms. The molecule has 1 fully saturated rings. The van der Waals surface area contributed by atoms with Crippen LogP contribution in [0.3, 0.4) is 0 Å². The molecule has 2 N–H and O–H groups in total. The van der Waals surface area contributed by atoms with Gasteiger partial charge in [0, 0.05) is 5.56 Å². The fraction of sp³-hybridized carbons (Fsp3) is 0.700. The molecular weight excluding hydrogens is 219 g/mol. The Hall–Kier alpha value is -1.20. The molecule has 1 heterocycles. The van der Waals surface area contributed by atoms with E-state index in [1.54, 1.807) is 0 Å². The topological polar surface area (TPSA) is 43.8 Å². The summed E-state index contributed by atoms with van der Waals surface area (Å²) in [5, 5.41) is 3.63. The van der Waals surface area contributed by atoms with E-state index in [2.05, 4.69) is 5.10 Å². The predicted molar refractivity (Wildman–Crippen MR) is 53.9 cm³/mol. The maximum absolute atomic E-state index is 12.6. The van der Waals surface area contributed by atoms with Crippen molar-refractivity contribution < 1.29 is 13.2 Å². The summed E-state index contributed by atoms with van der Waals surface area (Å²) in [6.45, 7) is 1.37. The van der Waals surface area contributed by atoms with Crippen molar-refractivity contribution in [2.45, 2.75) is 44.8 Å². The number of hydrogen-bond donors (Lipinski definition) is 1. The second-order valence-electron chi connectivity index (χ2n) is 4.24. The molecule has 3 nitrogen and oxygen atoms in total. The largest absolute Gasteiger partial charge is 0.435 e. The number of alkyl halides is 3. The highest BCUT2D eigenvalue weighted by Crippen LogP contribution is 2.37. The number of nitrogens with zero attached hydrogens (tertiary/aromatic N) is 2. The highest BCUT2D eigenvalue weighted by Gasteiger charge is 2.38. The monoisotopic (exact) mass is 233 g/mol. The SMILES string of the molecule is Cc1c(C(F)(F)F)nn(C2CCCC2)c1N. The predicted octanol–water partition coefficient (Wildman–Crippen LogP) is 2.91. The third-order valence-corrected chi connectivity index (χ3v) is 3.13. The van der Waals surface area contributed by atoms with Crippen LogP contribution in [0.1, 0.15) is 43.0 Å². The average Bonchev–Trinajstić information content (AvgIpc) is 2.75. The lowest BCUT2D eigenvalue weighted by Gasteiger charge is -2.11. The first-order valence-electron chi connectivity index (χ1n) is 5.33. The van der Waals surface area contributed by atoms with Crippen molar-refractivity contribution in [3.63, 3.8) is 0 Å². The van der Waals surface area contributed by atoms with Gasteiger partial charge in [-0.2, -0.15) is 18.3 Å². The molecule has 0 aromatic carbocycles. The summed E-state index contributed by atoms with van der Waals surface area (Å²) < 4.78 is 39.1. The summed E-state index contributed by atoms with van der Waals surface area (Å²) in [5.41, 5.74) is 4.87. The number of aromatic nitrogens is 2. The fourth-order valence-electron chi connectivity index (χ4n) is 2.23. The molecule has 2 rings (SSSR count). The zero-order chi connectivity index (χ0) is 11.9. The highest BCUT2D eigenvalue weighted by molar-refractivity contribution is 5.43. The number of anilines is 1. The molecule has 0 radical (unpaired) electrons. The molecule has 1 aliphatic carbocycles. The summed E-state index contributed by atoms with van der Waals surface area (Å²) in [6.07, 6.45) is -0.623. The Labute approximate surface area is 91.4 Å². The number of nitrogen functional groups attached to an aromatic ring is 1. The van der Waals surface area contributed by atoms with Crippen molar-refractivity contribution in [2.75, 3.05) is 5.73 Å². The van der Waals surface area contributed by atoms with Crippen molar-refractivity contribution in [1.82, 2.24) is 9.78 Å². The maximum Gasteiger partial charge on any atom is 0.435 e. The minimum Gasteiger partial charge on any atom is -0.384 e. The van der Waals surface area contributed by atoms with Gasteiger partial charge in [0.1, 0.15) is 5.82 Å². The van der Waals surface area contributed by atoms with E-state index in [0.29, 0.717) is 0 Å². The van der Waals surface area contributed by atoms with Gasteiger partial charge in [0.05, 0.1) is 6.04 Å². The van der Waals surface area contributed by atoms with Crippen LogP contribution in [0.15, 0.2) is 0 Å². The Kier molecular flexibility index (Phi) is 2.59. The summed E-state index contributed by atoms with van der Waals surface area (Å²) in [7, 11) is 0. The Morgan fingerprint density at radius 1 is 1.31 bits per heavy atom. The first kappa shape index (κ1) is 11.3. The molecule has 1 aromatic rings. The van der Waals surface area contributed by atoms with E-state index in [1.807, 2.05) is 0 Å². The molecule has 0 atom stereocenters. The second kappa shape index (κ2) is 3.68. The summed E-state index contributed by atoms with van der Waals surface area (Å²) in [6, 6.07) is 0.0369. The Balaban J connectivity index is 2.40. The van der Waals surface area contributed by atoms with E-state index in [-0.39, 0.29) is 17.4 Å². The molecule has 0 unspecified atom stereocenters. The van der Waals surface area contributed by atoms with Crippen LogP contribution in [0.5, 0.6) is 0 Å². The zero-order valence-electron chi connectivity index (χ0n) is 9.01. The quantitative estimate of drug-likeness (QED) is 0.810. The van der Waals surface area contributed by atoms with Crippen LogP contribution < -0.4 is 5.73 Å². The lowest BCUT2D eigenvalue weighted by Crippen LogP contribution is -2.12. The van der Waals surface area contributed by atoms with Gasteiger partial charge in [-0.15, -0.1) is 0 Å². The first-order valence-corrected chi connectivity index (χ1v) is 5.33. The van der Waals surface area contributed by atoms with Gasteiger partial charge >= 0.3 is 6.18 Å². The fourth-order valence-corrected chi connectivity index (χ4v) is 2.23. The number of rotatable bonds is 1. The molecule has 0 bridgehead atoms. The number of halogens is 3. The lowest BCUT2D eigenvalue weighted by atomic mass is 10.2. The van der Waals surface area contributed by atoms with Crippen molar-refractivity contribution in [1.29, 1.82) is 0 Å². The van der Waals surface area contributed by atoms with Gasteiger partial charge in [-0.25, -0.2) is 4.68 Å². The average molecular weight is 233 g/mol. The van der Waals surface area contributed by atoms with Gasteiger partial charge < -0.3 is 5.73 Å². The number of hydrogen-bond acceptors (Lipinski definition) is 2. The smallest absolute Gasteiger partial charge is 0.384 e. The molecule has 90 valence electrons. The van der Waals surface area contributed by atoms with Gasteiger partial charge in [0.25, 0.3) is 0 Å². The normalized spacial score (nSPS) is 18.2. The lowest BCUT2D eigenvalue weighted by molar-refractivity contribution is -0.142. The van der Waals surface area contributed by atoms with Crippen LogP contribution in [-0.4, -0.2) is 9.78 Å². The molecule has 1 aromatic heterocycles. The van der Waals surface area contributed by atoms with Crippen LogP contribution >= 0.6 is 0 Å². The number of nitrogens with two attached hydrogens (primary N) is 1. The molecule has 0 spiro atoms. The van der Waals surface area contributed by atoms with E-state index in [1.165, 1.54) is 11.6 Å². The van der Waals surface area contributed by atoms with E-state index >= 15 is 0 Å². The summed E-state index contributed by atoms with van der Waals surface area (Å²) in [5.74, 6) is 0.152. The van der Waals surface area contributed by atoms with Crippen molar-refractivity contribution >= 4 is 5.82 Å². The van der Waals surface area contributed by atoms with Crippen LogP contribution in [0.2, 0.25) is 0 Å². The molecule has 6 heteroatoms.